The molecule has 0 heterocycles. The van der Waals surface area contributed by atoms with Gasteiger partial charge in [-0.15, -0.1) is 0 Å². The van der Waals surface area contributed by atoms with Crippen molar-refractivity contribution in [3.05, 3.63) is 130 Å². The van der Waals surface area contributed by atoms with Gasteiger partial charge in [-0.25, -0.2) is 4.79 Å². The summed E-state index contributed by atoms with van der Waals surface area (Å²) in [5.74, 6) is -0.985. The lowest BCUT2D eigenvalue weighted by atomic mass is 9.98. The van der Waals surface area contributed by atoms with Gasteiger partial charge in [0, 0.05) is 23.7 Å². The number of benzene rings is 4. The van der Waals surface area contributed by atoms with Gasteiger partial charge in [0.2, 0.25) is 0 Å². The van der Waals surface area contributed by atoms with E-state index < -0.39 is 5.97 Å². The van der Waals surface area contributed by atoms with E-state index in [2.05, 4.69) is 12.1 Å². The van der Waals surface area contributed by atoms with Crippen molar-refractivity contribution in [3.63, 3.8) is 0 Å². The number of aromatic carboxylic acids is 1. The lowest BCUT2D eigenvalue weighted by Gasteiger charge is -2.24. The number of carboxylic acid groups (broad SMARTS) is 1. The molecule has 0 aromatic heterocycles. The van der Waals surface area contributed by atoms with Crippen molar-refractivity contribution >= 4 is 23.5 Å². The molecule has 0 bridgehead atoms. The monoisotopic (exact) mass is 497 g/mol. The second kappa shape index (κ2) is 11.7. The van der Waals surface area contributed by atoms with Crippen LogP contribution in [0.5, 0.6) is 0 Å². The molecule has 0 aliphatic heterocycles. The average molecular weight is 498 g/mol. The van der Waals surface area contributed by atoms with Crippen LogP contribution in [0.15, 0.2) is 97.1 Å². The fourth-order valence-electron chi connectivity index (χ4n) is 4.34. The highest BCUT2D eigenvalue weighted by Crippen LogP contribution is 2.25. The number of carbonyl (C=O) groups excluding carboxylic acids is 1. The summed E-state index contributed by atoms with van der Waals surface area (Å²) < 4.78 is 0. The van der Waals surface area contributed by atoms with Crippen molar-refractivity contribution in [3.8, 4) is 11.1 Å². The molecule has 4 rings (SSSR count). The first-order chi connectivity index (χ1) is 17.4. The first-order valence-corrected chi connectivity index (χ1v) is 12.3. The molecule has 1 amide bonds. The third-order valence-corrected chi connectivity index (χ3v) is 6.47. The summed E-state index contributed by atoms with van der Waals surface area (Å²) in [4.78, 5) is 27.0. The van der Waals surface area contributed by atoms with Crippen molar-refractivity contribution in [2.75, 3.05) is 6.54 Å². The average Bonchev–Trinajstić information content (AvgIpc) is 2.89. The van der Waals surface area contributed by atoms with Gasteiger partial charge in [-0.3, -0.25) is 4.79 Å². The Morgan fingerprint density at radius 3 is 2.19 bits per heavy atom. The number of halogens is 1. The van der Waals surface area contributed by atoms with E-state index in [-0.39, 0.29) is 11.5 Å². The molecule has 0 atom stereocenters. The largest absolute Gasteiger partial charge is 0.478 e. The zero-order valence-electron chi connectivity index (χ0n) is 20.2. The Morgan fingerprint density at radius 1 is 0.806 bits per heavy atom. The van der Waals surface area contributed by atoms with Crippen LogP contribution in [0.25, 0.3) is 11.1 Å². The van der Waals surface area contributed by atoms with Crippen LogP contribution in [0.1, 0.15) is 43.8 Å². The van der Waals surface area contributed by atoms with E-state index in [9.17, 15) is 14.7 Å². The molecule has 4 nitrogen and oxygen atoms in total. The minimum absolute atomic E-state index is 0.0301. The summed E-state index contributed by atoms with van der Waals surface area (Å²) in [6.07, 6.45) is 1.72. The van der Waals surface area contributed by atoms with Crippen LogP contribution in [0.2, 0.25) is 5.02 Å². The molecular weight excluding hydrogens is 470 g/mol. The van der Waals surface area contributed by atoms with Crippen molar-refractivity contribution in [1.82, 2.24) is 4.90 Å². The Bertz CT molecular complexity index is 1350. The fourth-order valence-corrected chi connectivity index (χ4v) is 4.57. The number of hydrogen-bond donors (Lipinski definition) is 1. The molecule has 4 aromatic carbocycles. The van der Waals surface area contributed by atoms with Gasteiger partial charge in [-0.05, 0) is 71.8 Å². The highest BCUT2D eigenvalue weighted by molar-refractivity contribution is 6.30. The third kappa shape index (κ3) is 6.21. The lowest BCUT2D eigenvalue weighted by Crippen LogP contribution is -2.32. The molecular formula is C31H28ClNO3. The van der Waals surface area contributed by atoms with Crippen molar-refractivity contribution in [2.24, 2.45) is 0 Å². The number of carboxylic acids is 1. The van der Waals surface area contributed by atoms with Gasteiger partial charge in [0.1, 0.15) is 0 Å². The van der Waals surface area contributed by atoms with Gasteiger partial charge in [-0.1, -0.05) is 84.4 Å². The molecule has 36 heavy (non-hydrogen) atoms. The number of carbonyl (C=O) groups is 2. The molecule has 0 unspecified atom stereocenters. The summed E-state index contributed by atoms with van der Waals surface area (Å²) in [7, 11) is 0. The normalized spacial score (nSPS) is 10.7. The summed E-state index contributed by atoms with van der Waals surface area (Å²) in [5.41, 5.74) is 5.48. The number of amides is 1. The number of hydrogen-bond acceptors (Lipinski definition) is 2. The van der Waals surface area contributed by atoms with Crippen LogP contribution < -0.4 is 0 Å². The lowest BCUT2D eigenvalue weighted by molar-refractivity contribution is 0.0696. The summed E-state index contributed by atoms with van der Waals surface area (Å²) in [6.45, 7) is 2.96. The van der Waals surface area contributed by atoms with Crippen molar-refractivity contribution in [2.45, 2.75) is 26.3 Å². The molecule has 1 N–H and O–H groups in total. The van der Waals surface area contributed by atoms with Crippen molar-refractivity contribution < 1.29 is 14.7 Å². The first kappa shape index (κ1) is 25.2. The standard InChI is InChI=1S/C31H28ClNO3/c1-22-20-26(32)17-18-27(22)30(34)33(19-7-10-23-8-3-2-4-9-23)21-24-13-15-25(16-14-24)28-11-5-6-12-29(28)31(35)36/h2-6,8-9,11-18,20H,7,10,19,21H2,1H3,(H,35,36). The van der Waals surface area contributed by atoms with Crippen LogP contribution in [0.3, 0.4) is 0 Å². The Hall–Kier alpha value is -3.89. The molecule has 0 spiro atoms. The van der Waals surface area contributed by atoms with E-state index in [1.807, 2.05) is 66.4 Å². The van der Waals surface area contributed by atoms with Crippen LogP contribution in [0.4, 0.5) is 0 Å². The minimum atomic E-state index is -0.955. The molecule has 0 saturated carbocycles. The van der Waals surface area contributed by atoms with Gasteiger partial charge >= 0.3 is 5.97 Å². The first-order valence-electron chi connectivity index (χ1n) is 11.9. The quantitative estimate of drug-likeness (QED) is 0.264. The maximum absolute atomic E-state index is 13.5. The van der Waals surface area contributed by atoms with E-state index >= 15 is 0 Å². The van der Waals surface area contributed by atoms with E-state index in [0.29, 0.717) is 29.2 Å². The van der Waals surface area contributed by atoms with E-state index in [4.69, 9.17) is 11.6 Å². The van der Waals surface area contributed by atoms with Crippen LogP contribution in [-0.2, 0) is 13.0 Å². The van der Waals surface area contributed by atoms with Gasteiger partial charge in [0.15, 0.2) is 0 Å². The molecule has 0 radical (unpaired) electrons. The topological polar surface area (TPSA) is 57.6 Å². The van der Waals surface area contributed by atoms with Gasteiger partial charge < -0.3 is 10.0 Å². The van der Waals surface area contributed by atoms with Gasteiger partial charge in [0.25, 0.3) is 5.91 Å². The van der Waals surface area contributed by atoms with Crippen LogP contribution >= 0.6 is 11.6 Å². The Morgan fingerprint density at radius 2 is 1.50 bits per heavy atom. The van der Waals surface area contributed by atoms with Crippen molar-refractivity contribution in [1.29, 1.82) is 0 Å². The predicted molar refractivity (Wildman–Crippen MR) is 145 cm³/mol. The molecule has 0 saturated heterocycles. The Labute approximate surface area is 216 Å². The third-order valence-electron chi connectivity index (χ3n) is 6.24. The van der Waals surface area contributed by atoms with E-state index in [0.717, 1.165) is 29.5 Å². The molecule has 5 heteroatoms. The summed E-state index contributed by atoms with van der Waals surface area (Å²) >= 11 is 6.12. The fraction of sp³-hybridized carbons (Fsp3) is 0.161. The number of aryl methyl sites for hydroxylation is 2. The highest BCUT2D eigenvalue weighted by Gasteiger charge is 2.19. The number of rotatable bonds is 9. The predicted octanol–water partition coefficient (Wildman–Crippen LogP) is 7.29. The molecule has 0 aliphatic rings. The maximum atomic E-state index is 13.5. The second-order valence-corrected chi connectivity index (χ2v) is 9.26. The molecule has 4 aromatic rings. The molecule has 0 aliphatic carbocycles. The van der Waals surface area contributed by atoms with Crippen LogP contribution in [-0.4, -0.2) is 28.4 Å². The molecule has 0 fully saturated rings. The SMILES string of the molecule is Cc1cc(Cl)ccc1C(=O)N(CCCc1ccccc1)Cc1ccc(-c2ccccc2C(=O)O)cc1. The zero-order chi connectivity index (χ0) is 25.5. The Balaban J connectivity index is 1.55. The second-order valence-electron chi connectivity index (χ2n) is 8.82. The maximum Gasteiger partial charge on any atom is 0.336 e. The Kier molecular flexibility index (Phi) is 8.19. The van der Waals surface area contributed by atoms with E-state index in [1.54, 1.807) is 30.3 Å². The smallest absolute Gasteiger partial charge is 0.336 e. The summed E-state index contributed by atoms with van der Waals surface area (Å²) in [5, 5.41) is 10.1. The van der Waals surface area contributed by atoms with Crippen LogP contribution in [0, 0.1) is 6.92 Å². The van der Waals surface area contributed by atoms with E-state index in [1.165, 1.54) is 5.56 Å². The molecule has 182 valence electrons. The highest BCUT2D eigenvalue weighted by atomic mass is 35.5. The van der Waals surface area contributed by atoms with Gasteiger partial charge in [0.05, 0.1) is 5.56 Å². The minimum Gasteiger partial charge on any atom is -0.478 e. The number of nitrogens with zero attached hydrogens (tertiary/aromatic N) is 1. The van der Waals surface area contributed by atoms with Gasteiger partial charge in [-0.2, -0.15) is 0 Å². The summed E-state index contributed by atoms with van der Waals surface area (Å²) in [6, 6.07) is 30.3. The zero-order valence-corrected chi connectivity index (χ0v) is 20.9.